The topological polar surface area (TPSA) is 4.93 Å². The molecule has 0 N–H and O–H groups in total. The van der Waals surface area contributed by atoms with Crippen LogP contribution in [-0.2, 0) is 0 Å². The van der Waals surface area contributed by atoms with Gasteiger partial charge in [-0.1, -0.05) is 121 Å². The Balaban J connectivity index is 1.04. The van der Waals surface area contributed by atoms with E-state index in [1.54, 1.807) is 0 Å². The molecule has 0 radical (unpaired) electrons. The molecule has 50 heavy (non-hydrogen) atoms. The van der Waals surface area contributed by atoms with Crippen molar-refractivity contribution < 1.29 is 0 Å². The van der Waals surface area contributed by atoms with Crippen molar-refractivity contribution >= 4 is 85.6 Å². The number of benzene rings is 9. The largest absolute Gasteiger partial charge is 0.309 e. The molecule has 1 aliphatic carbocycles. The van der Waals surface area contributed by atoms with Gasteiger partial charge in [-0.05, 0) is 108 Å². The molecule has 9 aromatic carbocycles. The zero-order valence-corrected chi connectivity index (χ0v) is 27.8. The maximum Gasteiger partial charge on any atom is 0.0547 e. The second-order valence-electron chi connectivity index (χ2n) is 13.6. The minimum absolute atomic E-state index is 1.18. The van der Waals surface area contributed by atoms with E-state index in [1.807, 2.05) is 11.3 Å². The Kier molecular flexibility index (Phi) is 5.18. The fourth-order valence-electron chi connectivity index (χ4n) is 8.98. The molecule has 0 saturated heterocycles. The smallest absolute Gasteiger partial charge is 0.0547 e. The van der Waals surface area contributed by atoms with Crippen molar-refractivity contribution in [3.05, 3.63) is 164 Å². The highest BCUT2D eigenvalue weighted by molar-refractivity contribution is 7.26. The van der Waals surface area contributed by atoms with E-state index in [4.69, 9.17) is 0 Å². The summed E-state index contributed by atoms with van der Waals surface area (Å²) in [5.41, 5.74) is 11.5. The maximum atomic E-state index is 2.45. The first kappa shape index (κ1) is 26.7. The van der Waals surface area contributed by atoms with Crippen LogP contribution in [0.5, 0.6) is 0 Å². The lowest BCUT2D eigenvalue weighted by Gasteiger charge is -2.12. The number of hydrogen-bond donors (Lipinski definition) is 0. The van der Waals surface area contributed by atoms with Crippen LogP contribution in [-0.4, -0.2) is 4.57 Å². The Morgan fingerprint density at radius 1 is 0.340 bits per heavy atom. The normalized spacial score (nSPS) is 12.4. The molecule has 0 fully saturated rings. The molecule has 1 aliphatic rings. The van der Waals surface area contributed by atoms with Crippen LogP contribution in [0.1, 0.15) is 0 Å². The van der Waals surface area contributed by atoms with E-state index in [2.05, 4.69) is 168 Å². The van der Waals surface area contributed by atoms with Gasteiger partial charge in [0.1, 0.15) is 0 Å². The van der Waals surface area contributed by atoms with E-state index in [0.29, 0.717) is 0 Å². The van der Waals surface area contributed by atoms with E-state index in [1.165, 1.54) is 113 Å². The molecule has 2 heterocycles. The summed E-state index contributed by atoms with van der Waals surface area (Å²) in [7, 11) is 0. The summed E-state index contributed by atoms with van der Waals surface area (Å²) in [4.78, 5) is 0. The number of hydrogen-bond acceptors (Lipinski definition) is 1. The van der Waals surface area contributed by atoms with Crippen molar-refractivity contribution in [3.63, 3.8) is 0 Å². The standard InChI is InChI=1S/C48H27NS/c1-2-9-34-33(8-1)36-13-7-12-35-32(20-21-37(34)46(35)36)30-17-16-29-27-31(19-18-28(29)26-30)49-42-14-5-3-10-40(42)47-38-23-25-45-48(39(38)22-24-43(47)49)41-11-4-6-15-44(41)50-45/h1-27H. The van der Waals surface area contributed by atoms with Crippen LogP contribution >= 0.6 is 11.3 Å². The van der Waals surface area contributed by atoms with Crippen molar-refractivity contribution in [2.24, 2.45) is 0 Å². The molecule has 2 heteroatoms. The van der Waals surface area contributed by atoms with Gasteiger partial charge in [-0.3, -0.25) is 0 Å². The Hall–Kier alpha value is -6.22. The predicted octanol–water partition coefficient (Wildman–Crippen LogP) is 13.9. The van der Waals surface area contributed by atoms with Crippen LogP contribution in [0.4, 0.5) is 0 Å². The number of thiophene rings is 1. The van der Waals surface area contributed by atoms with Crippen LogP contribution < -0.4 is 0 Å². The zero-order valence-electron chi connectivity index (χ0n) is 26.9. The summed E-state index contributed by atoms with van der Waals surface area (Å²) in [5, 5.41) is 13.1. The van der Waals surface area contributed by atoms with Crippen LogP contribution in [0.3, 0.4) is 0 Å². The van der Waals surface area contributed by atoms with Crippen LogP contribution in [0.15, 0.2) is 164 Å². The lowest BCUT2D eigenvalue weighted by molar-refractivity contribution is 1.19. The van der Waals surface area contributed by atoms with Gasteiger partial charge in [-0.2, -0.15) is 0 Å². The number of fused-ring (bicyclic) bond motifs is 13. The third kappa shape index (κ3) is 3.46. The molecule has 11 aromatic rings. The highest BCUT2D eigenvalue weighted by Gasteiger charge is 2.22. The molecule has 0 aliphatic heterocycles. The van der Waals surface area contributed by atoms with Crippen LogP contribution in [0, 0.1) is 0 Å². The summed E-state index contributed by atoms with van der Waals surface area (Å²) in [6.07, 6.45) is 0. The first-order valence-corrected chi connectivity index (χ1v) is 18.1. The maximum absolute atomic E-state index is 2.45. The van der Waals surface area contributed by atoms with E-state index < -0.39 is 0 Å². The third-order valence-electron chi connectivity index (χ3n) is 11.1. The molecule has 0 unspecified atom stereocenters. The van der Waals surface area contributed by atoms with E-state index in [9.17, 15) is 0 Å². The van der Waals surface area contributed by atoms with Gasteiger partial charge in [0, 0.05) is 36.6 Å². The lowest BCUT2D eigenvalue weighted by atomic mass is 9.93. The average Bonchev–Trinajstić information content (AvgIpc) is 3.83. The van der Waals surface area contributed by atoms with Crippen molar-refractivity contribution in [2.75, 3.05) is 0 Å². The van der Waals surface area contributed by atoms with Gasteiger partial charge < -0.3 is 4.57 Å². The number of para-hydroxylation sites is 1. The molecule has 0 spiro atoms. The van der Waals surface area contributed by atoms with Crippen molar-refractivity contribution in [3.8, 4) is 39.1 Å². The molecule has 2 aromatic heterocycles. The Morgan fingerprint density at radius 3 is 1.94 bits per heavy atom. The molecule has 0 saturated carbocycles. The highest BCUT2D eigenvalue weighted by atomic mass is 32.1. The highest BCUT2D eigenvalue weighted by Crippen LogP contribution is 2.49. The predicted molar refractivity (Wildman–Crippen MR) is 216 cm³/mol. The number of rotatable bonds is 2. The van der Waals surface area contributed by atoms with Gasteiger partial charge in [0.05, 0.1) is 11.0 Å². The fraction of sp³-hybridized carbons (Fsp3) is 0. The average molecular weight is 650 g/mol. The second kappa shape index (κ2) is 9.69. The van der Waals surface area contributed by atoms with Gasteiger partial charge in [0.2, 0.25) is 0 Å². The molecular formula is C48H27NS. The van der Waals surface area contributed by atoms with Crippen LogP contribution in [0.25, 0.3) is 113 Å². The summed E-state index contributed by atoms with van der Waals surface area (Å²) >= 11 is 1.88. The van der Waals surface area contributed by atoms with Crippen molar-refractivity contribution in [1.29, 1.82) is 0 Å². The molecule has 1 nitrogen and oxygen atoms in total. The summed E-state index contributed by atoms with van der Waals surface area (Å²) < 4.78 is 5.14. The fourth-order valence-corrected chi connectivity index (χ4v) is 10.1. The first-order chi connectivity index (χ1) is 24.8. The van der Waals surface area contributed by atoms with Gasteiger partial charge in [-0.25, -0.2) is 0 Å². The number of aromatic nitrogens is 1. The van der Waals surface area contributed by atoms with E-state index >= 15 is 0 Å². The quantitative estimate of drug-likeness (QED) is 0.176. The molecule has 0 amide bonds. The summed E-state index contributed by atoms with van der Waals surface area (Å²) in [5.74, 6) is 0. The van der Waals surface area contributed by atoms with E-state index in [0.717, 1.165) is 0 Å². The van der Waals surface area contributed by atoms with E-state index in [-0.39, 0.29) is 0 Å². The Bertz CT molecular complexity index is 3240. The summed E-state index contributed by atoms with van der Waals surface area (Å²) in [6, 6.07) is 61.1. The number of nitrogens with zero attached hydrogens (tertiary/aromatic N) is 1. The van der Waals surface area contributed by atoms with Crippen molar-refractivity contribution in [1.82, 2.24) is 4.57 Å². The monoisotopic (exact) mass is 649 g/mol. The lowest BCUT2D eigenvalue weighted by Crippen LogP contribution is -1.94. The molecule has 230 valence electrons. The van der Waals surface area contributed by atoms with Crippen LogP contribution in [0.2, 0.25) is 0 Å². The molecule has 0 atom stereocenters. The SMILES string of the molecule is c1ccc2c(c1)-c1cccc3c(-c4ccc5cc(-n6c7ccccc7c7c8ccc9sc%10ccccc%10c9c8ccc76)ccc5c4)ccc-2c13. The molecule has 0 bridgehead atoms. The third-order valence-corrected chi connectivity index (χ3v) is 12.2. The summed E-state index contributed by atoms with van der Waals surface area (Å²) in [6.45, 7) is 0. The minimum atomic E-state index is 1.18. The Morgan fingerprint density at radius 2 is 1.02 bits per heavy atom. The first-order valence-electron chi connectivity index (χ1n) is 17.3. The second-order valence-corrected chi connectivity index (χ2v) is 14.7. The van der Waals surface area contributed by atoms with Gasteiger partial charge in [0.25, 0.3) is 0 Å². The van der Waals surface area contributed by atoms with Gasteiger partial charge in [0.15, 0.2) is 0 Å². The zero-order chi connectivity index (χ0) is 32.5. The molecule has 12 rings (SSSR count). The molecular weight excluding hydrogens is 623 g/mol. The Labute approximate surface area is 291 Å². The van der Waals surface area contributed by atoms with Gasteiger partial charge >= 0.3 is 0 Å². The van der Waals surface area contributed by atoms with Gasteiger partial charge in [-0.15, -0.1) is 11.3 Å². The minimum Gasteiger partial charge on any atom is -0.309 e. The van der Waals surface area contributed by atoms with Crippen molar-refractivity contribution in [2.45, 2.75) is 0 Å².